The van der Waals surface area contributed by atoms with Gasteiger partial charge in [-0.05, 0) is 12.1 Å². The van der Waals surface area contributed by atoms with Gasteiger partial charge in [-0.1, -0.05) is 12.1 Å². The van der Waals surface area contributed by atoms with Crippen LogP contribution in [-0.4, -0.2) is 30.2 Å². The molecule has 0 amide bonds. The second kappa shape index (κ2) is 7.34. The van der Waals surface area contributed by atoms with Crippen molar-refractivity contribution in [3.05, 3.63) is 71.4 Å². The molecule has 0 unspecified atom stereocenters. The lowest BCUT2D eigenvalue weighted by atomic mass is 10.1. The standard InChI is InChI=1S/C18H9F6N5OS/c19-17(20,21)11-3-1-10(2-4-11)13-8-31-16(27-13)29-14(18(22,23)24)12(7-26-29)15(30)28-6-5-25-9-28/h1-9H. The average Bonchev–Trinajstić information content (AvgIpc) is 3.46. The third-order valence-corrected chi connectivity index (χ3v) is 5.00. The van der Waals surface area contributed by atoms with E-state index in [1.807, 2.05) is 0 Å². The Morgan fingerprint density at radius 2 is 1.71 bits per heavy atom. The maximum atomic E-state index is 13.7. The van der Waals surface area contributed by atoms with Crippen LogP contribution < -0.4 is 0 Å². The lowest BCUT2D eigenvalue weighted by molar-refractivity contribution is -0.143. The van der Waals surface area contributed by atoms with Gasteiger partial charge < -0.3 is 0 Å². The molecule has 0 atom stereocenters. The number of halogens is 6. The fourth-order valence-corrected chi connectivity index (χ4v) is 3.56. The van der Waals surface area contributed by atoms with Crippen molar-refractivity contribution in [3.8, 4) is 16.4 Å². The first-order valence-corrected chi connectivity index (χ1v) is 9.25. The number of carbonyl (C=O) groups is 1. The Bertz CT molecular complexity index is 1220. The van der Waals surface area contributed by atoms with Crippen molar-refractivity contribution in [3.63, 3.8) is 0 Å². The van der Waals surface area contributed by atoms with E-state index < -0.39 is 35.1 Å². The molecule has 0 bridgehead atoms. The minimum absolute atomic E-state index is 0.167. The number of benzene rings is 1. The first-order chi connectivity index (χ1) is 14.6. The number of imidazole rings is 1. The summed E-state index contributed by atoms with van der Waals surface area (Å²) in [5, 5.41) is 4.86. The van der Waals surface area contributed by atoms with Gasteiger partial charge in [0.25, 0.3) is 5.91 Å². The summed E-state index contributed by atoms with van der Waals surface area (Å²) < 4.78 is 80.7. The Kier molecular flexibility index (Phi) is 4.92. The molecule has 0 aliphatic heterocycles. The smallest absolute Gasteiger partial charge is 0.272 e. The first-order valence-electron chi connectivity index (χ1n) is 8.37. The van der Waals surface area contributed by atoms with Gasteiger partial charge in [0.1, 0.15) is 6.33 Å². The van der Waals surface area contributed by atoms with Crippen LogP contribution in [0.15, 0.2) is 54.6 Å². The summed E-state index contributed by atoms with van der Waals surface area (Å²) >= 11 is 0.797. The second-order valence-corrected chi connectivity index (χ2v) is 7.02. The lowest BCUT2D eigenvalue weighted by Crippen LogP contribution is -2.20. The van der Waals surface area contributed by atoms with E-state index in [2.05, 4.69) is 15.1 Å². The maximum absolute atomic E-state index is 13.7. The number of thiazole rings is 1. The Morgan fingerprint density at radius 1 is 1.00 bits per heavy atom. The molecular formula is C18H9F6N5OS. The molecular weight excluding hydrogens is 448 g/mol. The van der Waals surface area contributed by atoms with Gasteiger partial charge >= 0.3 is 12.4 Å². The van der Waals surface area contributed by atoms with Gasteiger partial charge in [0.15, 0.2) is 5.69 Å². The number of carbonyl (C=O) groups excluding carboxylic acids is 1. The number of aromatic nitrogens is 5. The van der Waals surface area contributed by atoms with Crippen molar-refractivity contribution >= 4 is 17.2 Å². The van der Waals surface area contributed by atoms with Crippen LogP contribution in [0, 0.1) is 0 Å². The van der Waals surface area contributed by atoms with E-state index in [0.717, 1.165) is 40.6 Å². The highest BCUT2D eigenvalue weighted by molar-refractivity contribution is 7.12. The highest BCUT2D eigenvalue weighted by Gasteiger charge is 2.41. The van der Waals surface area contributed by atoms with Gasteiger partial charge in [-0.2, -0.15) is 31.4 Å². The van der Waals surface area contributed by atoms with Crippen LogP contribution in [0.25, 0.3) is 16.4 Å². The van der Waals surface area contributed by atoms with Crippen molar-refractivity contribution in [2.75, 3.05) is 0 Å². The van der Waals surface area contributed by atoms with Crippen LogP contribution in [0.2, 0.25) is 0 Å². The number of hydrogen-bond acceptors (Lipinski definition) is 5. The van der Waals surface area contributed by atoms with E-state index in [-0.39, 0.29) is 16.4 Å². The summed E-state index contributed by atoms with van der Waals surface area (Å²) in [7, 11) is 0. The molecule has 0 saturated heterocycles. The largest absolute Gasteiger partial charge is 0.434 e. The minimum atomic E-state index is -4.93. The van der Waals surface area contributed by atoms with Gasteiger partial charge in [-0.3, -0.25) is 9.36 Å². The lowest BCUT2D eigenvalue weighted by Gasteiger charge is -2.10. The number of alkyl halides is 6. The van der Waals surface area contributed by atoms with Crippen molar-refractivity contribution in [2.24, 2.45) is 0 Å². The Morgan fingerprint density at radius 3 is 2.29 bits per heavy atom. The third kappa shape index (κ3) is 3.95. The van der Waals surface area contributed by atoms with E-state index in [1.165, 1.54) is 29.9 Å². The van der Waals surface area contributed by atoms with E-state index >= 15 is 0 Å². The van der Waals surface area contributed by atoms with Crippen LogP contribution in [0.5, 0.6) is 0 Å². The quantitative estimate of drug-likeness (QED) is 0.410. The fraction of sp³-hybridized carbons (Fsp3) is 0.111. The molecule has 0 aliphatic carbocycles. The van der Waals surface area contributed by atoms with Gasteiger partial charge in [0, 0.05) is 23.3 Å². The highest BCUT2D eigenvalue weighted by Crippen LogP contribution is 2.36. The zero-order valence-corrected chi connectivity index (χ0v) is 15.8. The van der Waals surface area contributed by atoms with Gasteiger partial charge in [0.05, 0.1) is 23.0 Å². The molecule has 0 spiro atoms. The molecule has 31 heavy (non-hydrogen) atoms. The van der Waals surface area contributed by atoms with E-state index in [4.69, 9.17) is 0 Å². The molecule has 0 aliphatic rings. The molecule has 0 radical (unpaired) electrons. The number of rotatable bonds is 3. The Labute approximate surface area is 173 Å². The van der Waals surface area contributed by atoms with Crippen molar-refractivity contribution < 1.29 is 31.1 Å². The minimum Gasteiger partial charge on any atom is -0.272 e. The predicted molar refractivity (Wildman–Crippen MR) is 96.6 cm³/mol. The first kappa shape index (κ1) is 20.8. The molecule has 3 heterocycles. The Balaban J connectivity index is 1.73. The molecule has 0 saturated carbocycles. The zero-order valence-electron chi connectivity index (χ0n) is 15.0. The van der Waals surface area contributed by atoms with Crippen LogP contribution in [0.3, 0.4) is 0 Å². The fourth-order valence-electron chi connectivity index (χ4n) is 2.77. The number of hydrogen-bond donors (Lipinski definition) is 0. The van der Waals surface area contributed by atoms with Crippen LogP contribution in [0.4, 0.5) is 26.3 Å². The molecule has 1 aromatic carbocycles. The third-order valence-electron chi connectivity index (χ3n) is 4.19. The van der Waals surface area contributed by atoms with E-state index in [9.17, 15) is 31.1 Å². The topological polar surface area (TPSA) is 65.6 Å². The van der Waals surface area contributed by atoms with Crippen molar-refractivity contribution in [2.45, 2.75) is 12.4 Å². The number of nitrogens with zero attached hydrogens (tertiary/aromatic N) is 5. The summed E-state index contributed by atoms with van der Waals surface area (Å²) in [5.74, 6) is -0.976. The molecule has 3 aromatic heterocycles. The predicted octanol–water partition coefficient (Wildman–Crippen LogP) is 4.92. The average molecular weight is 457 g/mol. The van der Waals surface area contributed by atoms with Crippen molar-refractivity contribution in [1.82, 2.24) is 24.3 Å². The highest BCUT2D eigenvalue weighted by atomic mass is 32.1. The SMILES string of the molecule is O=C(c1cnn(-c2nc(-c3ccc(C(F)(F)F)cc3)cs2)c1C(F)(F)F)n1ccnc1. The second-order valence-electron chi connectivity index (χ2n) is 6.18. The normalized spacial score (nSPS) is 12.3. The molecule has 6 nitrogen and oxygen atoms in total. The van der Waals surface area contributed by atoms with Gasteiger partial charge in [0.2, 0.25) is 5.13 Å². The molecule has 4 rings (SSSR count). The summed E-state index contributed by atoms with van der Waals surface area (Å²) in [5.41, 5.74) is -2.43. The van der Waals surface area contributed by atoms with Crippen LogP contribution in [-0.2, 0) is 12.4 Å². The molecule has 0 fully saturated rings. The van der Waals surface area contributed by atoms with Crippen LogP contribution in [0.1, 0.15) is 21.6 Å². The molecule has 13 heteroatoms. The monoisotopic (exact) mass is 457 g/mol. The summed E-state index contributed by atoms with van der Waals surface area (Å²) in [6.07, 6.45) is -5.15. The van der Waals surface area contributed by atoms with Gasteiger partial charge in [-0.15, -0.1) is 11.3 Å². The van der Waals surface area contributed by atoms with E-state index in [0.29, 0.717) is 4.68 Å². The molecule has 4 aromatic rings. The summed E-state index contributed by atoms with van der Waals surface area (Å²) in [4.78, 5) is 20.1. The molecule has 160 valence electrons. The van der Waals surface area contributed by atoms with Gasteiger partial charge in [-0.25, -0.2) is 14.6 Å². The van der Waals surface area contributed by atoms with E-state index in [1.54, 1.807) is 0 Å². The molecule has 0 N–H and O–H groups in total. The summed E-state index contributed by atoms with van der Waals surface area (Å²) in [6.45, 7) is 0. The zero-order chi connectivity index (χ0) is 22.4. The maximum Gasteiger partial charge on any atom is 0.434 e. The van der Waals surface area contributed by atoms with Crippen molar-refractivity contribution in [1.29, 1.82) is 0 Å². The Hall–Kier alpha value is -3.48. The van der Waals surface area contributed by atoms with Crippen LogP contribution >= 0.6 is 11.3 Å². The summed E-state index contributed by atoms with van der Waals surface area (Å²) in [6, 6.07) is 4.05.